The minimum absolute atomic E-state index is 0.315. The van der Waals surface area contributed by atoms with Crippen LogP contribution in [0.25, 0.3) is 10.9 Å². The fraction of sp³-hybridized carbons (Fsp3) is 0.167. The van der Waals surface area contributed by atoms with Crippen LogP contribution in [0.15, 0.2) is 30.5 Å². The number of carbonyl (C=O) groups is 1. The van der Waals surface area contributed by atoms with Gasteiger partial charge in [-0.15, -0.1) is 0 Å². The van der Waals surface area contributed by atoms with Crippen LogP contribution in [0, 0.1) is 0 Å². The number of benzene rings is 1. The van der Waals surface area contributed by atoms with Gasteiger partial charge in [-0.3, -0.25) is 4.98 Å². The van der Waals surface area contributed by atoms with Crippen molar-refractivity contribution >= 4 is 16.9 Å². The minimum Gasteiger partial charge on any atom is -0.478 e. The van der Waals surface area contributed by atoms with Crippen LogP contribution in [-0.2, 0) is 6.42 Å². The van der Waals surface area contributed by atoms with Gasteiger partial charge in [0.2, 0.25) is 0 Å². The molecule has 15 heavy (non-hydrogen) atoms. The third-order valence-corrected chi connectivity index (χ3v) is 2.47. The van der Waals surface area contributed by atoms with E-state index in [1.165, 1.54) is 6.07 Å². The monoisotopic (exact) mass is 201 g/mol. The highest BCUT2D eigenvalue weighted by molar-refractivity contribution is 6.03. The van der Waals surface area contributed by atoms with Crippen molar-refractivity contribution in [3.05, 3.63) is 41.6 Å². The van der Waals surface area contributed by atoms with Gasteiger partial charge in [-0.1, -0.05) is 25.1 Å². The fourth-order valence-corrected chi connectivity index (χ4v) is 1.71. The van der Waals surface area contributed by atoms with Crippen LogP contribution in [0.1, 0.15) is 22.8 Å². The molecule has 0 unspecified atom stereocenters. The summed E-state index contributed by atoms with van der Waals surface area (Å²) in [5.74, 6) is -0.907. The van der Waals surface area contributed by atoms with Crippen molar-refractivity contribution in [1.82, 2.24) is 4.98 Å². The highest BCUT2D eigenvalue weighted by Gasteiger charge is 2.09. The number of hydrogen-bond donors (Lipinski definition) is 1. The third-order valence-electron chi connectivity index (χ3n) is 2.47. The summed E-state index contributed by atoms with van der Waals surface area (Å²) in [5.41, 5.74) is 2.19. The van der Waals surface area contributed by atoms with Gasteiger partial charge in [0.05, 0.1) is 11.1 Å². The summed E-state index contributed by atoms with van der Waals surface area (Å²) in [6, 6.07) is 7.17. The predicted octanol–water partition coefficient (Wildman–Crippen LogP) is 2.50. The second-order valence-electron chi connectivity index (χ2n) is 3.33. The standard InChI is InChI=1S/C12H11NO2/c1-2-8-4-3-5-9-10(12(14)15)6-7-13-11(8)9/h3-7H,2H2,1H3,(H,14,15). The van der Waals surface area contributed by atoms with Gasteiger partial charge in [0.15, 0.2) is 0 Å². The molecule has 0 aliphatic rings. The number of carboxylic acid groups (broad SMARTS) is 1. The largest absolute Gasteiger partial charge is 0.478 e. The minimum atomic E-state index is -0.907. The number of aryl methyl sites for hydroxylation is 1. The van der Waals surface area contributed by atoms with Gasteiger partial charge in [0, 0.05) is 11.6 Å². The summed E-state index contributed by atoms with van der Waals surface area (Å²) >= 11 is 0. The second-order valence-corrected chi connectivity index (χ2v) is 3.33. The van der Waals surface area contributed by atoms with Crippen LogP contribution in [0.5, 0.6) is 0 Å². The van der Waals surface area contributed by atoms with E-state index < -0.39 is 5.97 Å². The number of para-hydroxylation sites is 1. The van der Waals surface area contributed by atoms with Crippen molar-refractivity contribution in [1.29, 1.82) is 0 Å². The smallest absolute Gasteiger partial charge is 0.336 e. The molecule has 0 saturated heterocycles. The van der Waals surface area contributed by atoms with Crippen LogP contribution in [0.3, 0.4) is 0 Å². The van der Waals surface area contributed by atoms with E-state index in [2.05, 4.69) is 4.98 Å². The molecule has 0 aliphatic heterocycles. The summed E-state index contributed by atoms with van der Waals surface area (Å²) in [5, 5.41) is 9.73. The first-order chi connectivity index (χ1) is 7.24. The Kier molecular flexibility index (Phi) is 2.37. The van der Waals surface area contributed by atoms with Crippen molar-refractivity contribution < 1.29 is 9.90 Å². The Labute approximate surface area is 87.4 Å². The maximum Gasteiger partial charge on any atom is 0.336 e. The Hall–Kier alpha value is -1.90. The molecule has 1 N–H and O–H groups in total. The Morgan fingerprint density at radius 3 is 2.87 bits per heavy atom. The molecule has 2 aromatic rings. The van der Waals surface area contributed by atoms with Crippen molar-refractivity contribution in [2.75, 3.05) is 0 Å². The molecule has 3 nitrogen and oxygen atoms in total. The molecular weight excluding hydrogens is 190 g/mol. The number of aromatic carboxylic acids is 1. The van der Waals surface area contributed by atoms with E-state index in [0.717, 1.165) is 17.5 Å². The first-order valence-electron chi connectivity index (χ1n) is 4.84. The van der Waals surface area contributed by atoms with E-state index in [9.17, 15) is 4.79 Å². The average molecular weight is 201 g/mol. The van der Waals surface area contributed by atoms with Crippen molar-refractivity contribution in [3.8, 4) is 0 Å². The van der Waals surface area contributed by atoms with Crippen LogP contribution in [0.2, 0.25) is 0 Å². The Morgan fingerprint density at radius 1 is 1.40 bits per heavy atom. The molecule has 0 radical (unpaired) electrons. The van der Waals surface area contributed by atoms with Gasteiger partial charge in [0.1, 0.15) is 0 Å². The molecule has 1 aromatic carbocycles. The SMILES string of the molecule is CCc1cccc2c(C(=O)O)ccnc12. The summed E-state index contributed by atoms with van der Waals surface area (Å²) in [6.07, 6.45) is 2.40. The first kappa shape index (κ1) is 9.65. The lowest BCUT2D eigenvalue weighted by Crippen LogP contribution is -1.99. The Morgan fingerprint density at radius 2 is 2.20 bits per heavy atom. The molecule has 0 fully saturated rings. The topological polar surface area (TPSA) is 50.2 Å². The molecule has 3 heteroatoms. The summed E-state index contributed by atoms with van der Waals surface area (Å²) in [6.45, 7) is 2.03. The summed E-state index contributed by atoms with van der Waals surface area (Å²) in [4.78, 5) is 15.2. The zero-order valence-electron chi connectivity index (χ0n) is 8.40. The lowest BCUT2D eigenvalue weighted by atomic mass is 10.0. The lowest BCUT2D eigenvalue weighted by Gasteiger charge is -2.05. The number of aromatic nitrogens is 1. The number of pyridine rings is 1. The van der Waals surface area contributed by atoms with E-state index in [-0.39, 0.29) is 0 Å². The van der Waals surface area contributed by atoms with E-state index in [1.54, 1.807) is 12.3 Å². The number of rotatable bonds is 2. The molecule has 0 atom stereocenters. The summed E-state index contributed by atoms with van der Waals surface area (Å²) < 4.78 is 0. The van der Waals surface area contributed by atoms with Crippen LogP contribution in [0.4, 0.5) is 0 Å². The van der Waals surface area contributed by atoms with Crippen LogP contribution < -0.4 is 0 Å². The lowest BCUT2D eigenvalue weighted by molar-refractivity contribution is 0.0699. The molecule has 76 valence electrons. The first-order valence-corrected chi connectivity index (χ1v) is 4.84. The number of carboxylic acids is 1. The predicted molar refractivity (Wildman–Crippen MR) is 58.1 cm³/mol. The van der Waals surface area contributed by atoms with Gasteiger partial charge in [0.25, 0.3) is 0 Å². The van der Waals surface area contributed by atoms with Gasteiger partial charge in [-0.05, 0) is 18.1 Å². The number of nitrogens with zero attached hydrogens (tertiary/aromatic N) is 1. The molecule has 1 aromatic heterocycles. The van der Waals surface area contributed by atoms with E-state index in [0.29, 0.717) is 10.9 Å². The molecule has 0 amide bonds. The number of hydrogen-bond acceptors (Lipinski definition) is 2. The van der Waals surface area contributed by atoms with Gasteiger partial charge < -0.3 is 5.11 Å². The average Bonchev–Trinajstić information content (AvgIpc) is 2.27. The van der Waals surface area contributed by atoms with Crippen molar-refractivity contribution in [2.24, 2.45) is 0 Å². The molecule has 1 heterocycles. The highest BCUT2D eigenvalue weighted by Crippen LogP contribution is 2.20. The zero-order chi connectivity index (χ0) is 10.8. The molecule has 0 saturated carbocycles. The maximum atomic E-state index is 11.0. The second kappa shape index (κ2) is 3.69. The normalized spacial score (nSPS) is 10.5. The van der Waals surface area contributed by atoms with Crippen LogP contribution in [-0.4, -0.2) is 16.1 Å². The molecule has 0 bridgehead atoms. The Balaban J connectivity index is 2.82. The quantitative estimate of drug-likeness (QED) is 0.812. The van der Waals surface area contributed by atoms with Crippen molar-refractivity contribution in [2.45, 2.75) is 13.3 Å². The zero-order valence-corrected chi connectivity index (χ0v) is 8.40. The van der Waals surface area contributed by atoms with Gasteiger partial charge in [-0.25, -0.2) is 4.79 Å². The molecule has 2 rings (SSSR count). The molecular formula is C12H11NO2. The third kappa shape index (κ3) is 1.56. The van der Waals surface area contributed by atoms with Crippen LogP contribution >= 0.6 is 0 Å². The van der Waals surface area contributed by atoms with Gasteiger partial charge >= 0.3 is 5.97 Å². The van der Waals surface area contributed by atoms with E-state index in [4.69, 9.17) is 5.11 Å². The van der Waals surface area contributed by atoms with E-state index >= 15 is 0 Å². The maximum absolute atomic E-state index is 11.0. The molecule has 0 aliphatic carbocycles. The molecule has 0 spiro atoms. The van der Waals surface area contributed by atoms with E-state index in [1.807, 2.05) is 19.1 Å². The summed E-state index contributed by atoms with van der Waals surface area (Å²) in [7, 11) is 0. The highest BCUT2D eigenvalue weighted by atomic mass is 16.4. The van der Waals surface area contributed by atoms with Crippen molar-refractivity contribution in [3.63, 3.8) is 0 Å². The van der Waals surface area contributed by atoms with Gasteiger partial charge in [-0.2, -0.15) is 0 Å². The number of fused-ring (bicyclic) bond motifs is 1. The Bertz CT molecular complexity index is 520. The fourth-order valence-electron chi connectivity index (χ4n) is 1.71.